The van der Waals surface area contributed by atoms with E-state index in [1.165, 1.54) is 0 Å². The third-order valence-electron chi connectivity index (χ3n) is 2.85. The molecule has 0 spiro atoms. The van der Waals surface area contributed by atoms with Crippen LogP contribution in [-0.4, -0.2) is 64.3 Å². The van der Waals surface area contributed by atoms with E-state index in [0.29, 0.717) is 6.61 Å². The van der Waals surface area contributed by atoms with Gasteiger partial charge in [-0.05, 0) is 6.42 Å². The van der Waals surface area contributed by atoms with E-state index in [0.717, 1.165) is 19.3 Å². The molecule has 0 aliphatic carbocycles. The molecule has 1 aliphatic heterocycles. The van der Waals surface area contributed by atoms with Crippen LogP contribution >= 0.6 is 0 Å². The SMILES string of the molecule is CCCCCOC1OC(C(O)CO)C(O)C1O. The van der Waals surface area contributed by atoms with Gasteiger partial charge in [0, 0.05) is 6.61 Å². The average molecular weight is 250 g/mol. The van der Waals surface area contributed by atoms with E-state index in [9.17, 15) is 15.3 Å². The molecule has 0 bridgehead atoms. The maximum Gasteiger partial charge on any atom is 0.186 e. The molecule has 17 heavy (non-hydrogen) atoms. The Morgan fingerprint density at radius 1 is 1.24 bits per heavy atom. The van der Waals surface area contributed by atoms with Crippen LogP contribution in [0.3, 0.4) is 0 Å². The molecule has 0 aromatic carbocycles. The van der Waals surface area contributed by atoms with Gasteiger partial charge in [-0.15, -0.1) is 0 Å². The Bertz CT molecular complexity index is 212. The summed E-state index contributed by atoms with van der Waals surface area (Å²) in [6.45, 7) is 1.97. The van der Waals surface area contributed by atoms with Crippen molar-refractivity contribution in [1.82, 2.24) is 0 Å². The average Bonchev–Trinajstić information content (AvgIpc) is 2.62. The van der Waals surface area contributed by atoms with Crippen LogP contribution in [0.15, 0.2) is 0 Å². The highest BCUT2D eigenvalue weighted by molar-refractivity contribution is 4.90. The van der Waals surface area contributed by atoms with Crippen molar-refractivity contribution in [3.05, 3.63) is 0 Å². The molecule has 0 saturated carbocycles. The zero-order valence-corrected chi connectivity index (χ0v) is 10.0. The minimum absolute atomic E-state index is 0.435. The summed E-state index contributed by atoms with van der Waals surface area (Å²) in [5.41, 5.74) is 0. The van der Waals surface area contributed by atoms with Crippen molar-refractivity contribution in [2.75, 3.05) is 13.2 Å². The maximum absolute atomic E-state index is 9.64. The fraction of sp³-hybridized carbons (Fsp3) is 1.00. The van der Waals surface area contributed by atoms with Crippen molar-refractivity contribution in [2.24, 2.45) is 0 Å². The molecule has 0 radical (unpaired) electrons. The van der Waals surface area contributed by atoms with Crippen LogP contribution in [0.25, 0.3) is 0 Å². The Balaban J connectivity index is 2.37. The van der Waals surface area contributed by atoms with E-state index in [1.807, 2.05) is 0 Å². The second-order valence-corrected chi connectivity index (χ2v) is 4.28. The fourth-order valence-electron chi connectivity index (χ4n) is 1.78. The molecule has 1 fully saturated rings. The summed E-state index contributed by atoms with van der Waals surface area (Å²) in [4.78, 5) is 0. The van der Waals surface area contributed by atoms with Crippen molar-refractivity contribution < 1.29 is 29.9 Å². The van der Waals surface area contributed by atoms with E-state index >= 15 is 0 Å². The quantitative estimate of drug-likeness (QED) is 0.432. The predicted octanol–water partition coefficient (Wildman–Crippen LogP) is -1.01. The molecule has 0 aromatic rings. The normalized spacial score (nSPS) is 35.1. The number of unbranched alkanes of at least 4 members (excludes halogenated alkanes) is 2. The molecule has 4 N–H and O–H groups in total. The second-order valence-electron chi connectivity index (χ2n) is 4.28. The smallest absolute Gasteiger partial charge is 0.186 e. The van der Waals surface area contributed by atoms with Gasteiger partial charge >= 0.3 is 0 Å². The summed E-state index contributed by atoms with van der Waals surface area (Å²) in [7, 11) is 0. The van der Waals surface area contributed by atoms with E-state index in [4.69, 9.17) is 14.6 Å². The number of rotatable bonds is 7. The molecule has 6 heteroatoms. The molecule has 1 aliphatic rings. The lowest BCUT2D eigenvalue weighted by Gasteiger charge is -2.18. The first kappa shape index (κ1) is 14.8. The van der Waals surface area contributed by atoms with Crippen LogP contribution < -0.4 is 0 Å². The summed E-state index contributed by atoms with van der Waals surface area (Å²) in [6, 6.07) is 0. The third kappa shape index (κ3) is 3.87. The lowest BCUT2D eigenvalue weighted by atomic mass is 10.1. The summed E-state index contributed by atoms with van der Waals surface area (Å²) in [5, 5.41) is 37.4. The van der Waals surface area contributed by atoms with Crippen molar-refractivity contribution in [3.63, 3.8) is 0 Å². The standard InChI is InChI=1S/C11H22O6/c1-2-3-4-5-16-11-9(15)8(14)10(17-11)7(13)6-12/h7-15H,2-6H2,1H3. The molecule has 1 rings (SSSR count). The van der Waals surface area contributed by atoms with Gasteiger partial charge in [-0.2, -0.15) is 0 Å². The van der Waals surface area contributed by atoms with E-state index < -0.39 is 37.3 Å². The van der Waals surface area contributed by atoms with Crippen LogP contribution in [-0.2, 0) is 9.47 Å². The molecular weight excluding hydrogens is 228 g/mol. The zero-order chi connectivity index (χ0) is 12.8. The minimum Gasteiger partial charge on any atom is -0.394 e. The Kier molecular flexibility index (Phi) is 6.32. The zero-order valence-electron chi connectivity index (χ0n) is 10.0. The topological polar surface area (TPSA) is 99.4 Å². The molecule has 1 saturated heterocycles. The Hall–Kier alpha value is -0.240. The first-order valence-electron chi connectivity index (χ1n) is 6.04. The van der Waals surface area contributed by atoms with Gasteiger partial charge in [0.15, 0.2) is 6.29 Å². The van der Waals surface area contributed by atoms with Crippen molar-refractivity contribution in [1.29, 1.82) is 0 Å². The number of hydrogen-bond acceptors (Lipinski definition) is 6. The van der Waals surface area contributed by atoms with Gasteiger partial charge in [-0.1, -0.05) is 19.8 Å². The number of ether oxygens (including phenoxy) is 2. The first-order chi connectivity index (χ1) is 8.11. The van der Waals surface area contributed by atoms with Crippen LogP contribution in [0.2, 0.25) is 0 Å². The van der Waals surface area contributed by atoms with Gasteiger partial charge in [0.05, 0.1) is 6.61 Å². The van der Waals surface area contributed by atoms with Gasteiger partial charge in [-0.3, -0.25) is 0 Å². The molecule has 0 aromatic heterocycles. The van der Waals surface area contributed by atoms with Gasteiger partial charge in [0.25, 0.3) is 0 Å². The van der Waals surface area contributed by atoms with Gasteiger partial charge in [0.2, 0.25) is 0 Å². The van der Waals surface area contributed by atoms with Crippen molar-refractivity contribution in [2.45, 2.75) is 56.9 Å². The van der Waals surface area contributed by atoms with Crippen molar-refractivity contribution in [3.8, 4) is 0 Å². The first-order valence-corrected chi connectivity index (χ1v) is 6.04. The number of hydrogen-bond donors (Lipinski definition) is 4. The summed E-state index contributed by atoms with van der Waals surface area (Å²) >= 11 is 0. The monoisotopic (exact) mass is 250 g/mol. The summed E-state index contributed by atoms with van der Waals surface area (Å²) < 4.78 is 10.5. The highest BCUT2D eigenvalue weighted by Crippen LogP contribution is 2.24. The molecule has 1 heterocycles. The fourth-order valence-corrected chi connectivity index (χ4v) is 1.78. The Morgan fingerprint density at radius 2 is 1.94 bits per heavy atom. The Morgan fingerprint density at radius 3 is 2.53 bits per heavy atom. The lowest BCUT2D eigenvalue weighted by molar-refractivity contribution is -0.180. The number of aliphatic hydroxyl groups is 4. The van der Waals surface area contributed by atoms with Crippen molar-refractivity contribution >= 4 is 0 Å². The highest BCUT2D eigenvalue weighted by Gasteiger charge is 2.46. The van der Waals surface area contributed by atoms with E-state index in [-0.39, 0.29) is 0 Å². The highest BCUT2D eigenvalue weighted by atomic mass is 16.7. The molecule has 5 atom stereocenters. The minimum atomic E-state index is -1.24. The molecule has 102 valence electrons. The second kappa shape index (κ2) is 7.25. The Labute approximate surface area is 101 Å². The van der Waals surface area contributed by atoms with Crippen LogP contribution in [0.4, 0.5) is 0 Å². The van der Waals surface area contributed by atoms with E-state index in [2.05, 4.69) is 6.92 Å². The number of aliphatic hydroxyl groups excluding tert-OH is 4. The van der Waals surface area contributed by atoms with Crippen LogP contribution in [0, 0.1) is 0 Å². The van der Waals surface area contributed by atoms with Gasteiger partial charge < -0.3 is 29.9 Å². The predicted molar refractivity (Wildman–Crippen MR) is 59.2 cm³/mol. The van der Waals surface area contributed by atoms with Gasteiger partial charge in [0.1, 0.15) is 24.4 Å². The maximum atomic E-state index is 9.64. The molecule has 5 unspecified atom stereocenters. The van der Waals surface area contributed by atoms with E-state index in [1.54, 1.807) is 0 Å². The third-order valence-corrected chi connectivity index (χ3v) is 2.85. The largest absolute Gasteiger partial charge is 0.394 e. The molecule has 6 nitrogen and oxygen atoms in total. The summed E-state index contributed by atoms with van der Waals surface area (Å²) in [5.74, 6) is 0. The van der Waals surface area contributed by atoms with Crippen LogP contribution in [0.5, 0.6) is 0 Å². The molecular formula is C11H22O6. The lowest BCUT2D eigenvalue weighted by Crippen LogP contribution is -2.40. The van der Waals surface area contributed by atoms with Gasteiger partial charge in [-0.25, -0.2) is 0 Å². The summed E-state index contributed by atoms with van der Waals surface area (Å²) in [6.07, 6.45) is -2.66. The van der Waals surface area contributed by atoms with Crippen LogP contribution in [0.1, 0.15) is 26.2 Å². The molecule has 0 amide bonds.